The molecule has 0 aliphatic rings. The van der Waals surface area contributed by atoms with Gasteiger partial charge in [-0.1, -0.05) is 38.1 Å². The number of carbonyl (C=O) groups excluding carboxylic acids is 2. The van der Waals surface area contributed by atoms with Gasteiger partial charge in [0, 0.05) is 0 Å². The summed E-state index contributed by atoms with van der Waals surface area (Å²) in [5.74, 6) is -0.844. The Morgan fingerprint density at radius 3 is 2.38 bits per heavy atom. The molecule has 0 fully saturated rings. The number of hydrogen-bond acceptors (Lipinski definition) is 4. The molecule has 0 radical (unpaired) electrons. The highest BCUT2D eigenvalue weighted by Crippen LogP contribution is 2.25. The second-order valence-corrected chi connectivity index (χ2v) is 5.96. The van der Waals surface area contributed by atoms with Gasteiger partial charge >= 0.3 is 0 Å². The van der Waals surface area contributed by atoms with Crippen molar-refractivity contribution in [3.63, 3.8) is 0 Å². The average molecular weight is 329 g/mol. The molecule has 0 saturated heterocycles. The van der Waals surface area contributed by atoms with Gasteiger partial charge in [-0.15, -0.1) is 0 Å². The highest BCUT2D eigenvalue weighted by molar-refractivity contribution is 6.02. The maximum Gasteiger partial charge on any atom is 0.271 e. The van der Waals surface area contributed by atoms with Crippen LogP contribution in [0.4, 0.5) is 5.69 Å². The van der Waals surface area contributed by atoms with Gasteiger partial charge in [-0.25, -0.2) is 0 Å². The lowest BCUT2D eigenvalue weighted by Gasteiger charge is -2.10. The third-order valence-corrected chi connectivity index (χ3v) is 3.69. The van der Waals surface area contributed by atoms with E-state index >= 15 is 0 Å². The molecule has 1 aromatic heterocycles. The molecule has 7 nitrogen and oxygen atoms in total. The number of amides is 2. The van der Waals surface area contributed by atoms with Crippen LogP contribution in [0.15, 0.2) is 24.3 Å². The van der Waals surface area contributed by atoms with Crippen LogP contribution in [0.1, 0.15) is 47.1 Å². The van der Waals surface area contributed by atoms with Crippen LogP contribution in [0.2, 0.25) is 0 Å². The zero-order chi connectivity index (χ0) is 17.7. The van der Waals surface area contributed by atoms with Crippen molar-refractivity contribution < 1.29 is 9.59 Å². The number of primary amides is 1. The normalized spacial score (nSPS) is 10.8. The van der Waals surface area contributed by atoms with Gasteiger partial charge in [0.1, 0.15) is 0 Å². The molecule has 7 heteroatoms. The van der Waals surface area contributed by atoms with Crippen LogP contribution in [0.3, 0.4) is 0 Å². The molecule has 0 saturated carbocycles. The van der Waals surface area contributed by atoms with Gasteiger partial charge in [0.15, 0.2) is 5.69 Å². The van der Waals surface area contributed by atoms with Gasteiger partial charge < -0.3 is 16.8 Å². The van der Waals surface area contributed by atoms with Crippen LogP contribution in [-0.2, 0) is 17.6 Å². The first kappa shape index (κ1) is 17.7. The molecule has 1 heterocycles. The Kier molecular flexibility index (Phi) is 5.70. The monoisotopic (exact) mass is 329 g/mol. The Morgan fingerprint density at radius 2 is 1.83 bits per heavy atom. The van der Waals surface area contributed by atoms with Crippen molar-refractivity contribution in [2.45, 2.75) is 32.6 Å². The van der Waals surface area contributed by atoms with E-state index in [1.165, 1.54) is 0 Å². The molecule has 0 aliphatic heterocycles. The van der Waals surface area contributed by atoms with Crippen LogP contribution in [-0.4, -0.2) is 28.6 Å². The Labute approximate surface area is 140 Å². The number of nitrogens with two attached hydrogens (primary N) is 2. The van der Waals surface area contributed by atoms with E-state index in [-0.39, 0.29) is 23.9 Å². The van der Waals surface area contributed by atoms with Gasteiger partial charge in [0.25, 0.3) is 5.91 Å². The minimum Gasteiger partial charge on any atom is -0.364 e. The van der Waals surface area contributed by atoms with E-state index in [0.29, 0.717) is 17.9 Å². The summed E-state index contributed by atoms with van der Waals surface area (Å²) in [6.07, 6.45) is 1.00. The predicted octanol–water partition coefficient (Wildman–Crippen LogP) is 1.31. The van der Waals surface area contributed by atoms with Crippen LogP contribution in [0.5, 0.6) is 0 Å². The van der Waals surface area contributed by atoms with Gasteiger partial charge in [0.05, 0.1) is 17.8 Å². The number of nitrogens with one attached hydrogen (secondary N) is 2. The molecule has 24 heavy (non-hydrogen) atoms. The fraction of sp³-hybridized carbons (Fsp3) is 0.353. The summed E-state index contributed by atoms with van der Waals surface area (Å²) in [4.78, 5) is 23.8. The molecule has 6 N–H and O–H groups in total. The summed E-state index contributed by atoms with van der Waals surface area (Å²) in [5, 5.41) is 9.43. The number of hydrogen-bond donors (Lipinski definition) is 4. The molecule has 0 unspecified atom stereocenters. The third kappa shape index (κ3) is 4.20. The highest BCUT2D eigenvalue weighted by Gasteiger charge is 2.21. The molecular formula is C17H23N5O2. The lowest BCUT2D eigenvalue weighted by atomic mass is 10.1. The van der Waals surface area contributed by atoms with Crippen molar-refractivity contribution in [3.05, 3.63) is 46.8 Å². The minimum absolute atomic E-state index is 0.0466. The molecule has 128 valence electrons. The zero-order valence-corrected chi connectivity index (χ0v) is 13.9. The first-order valence-corrected chi connectivity index (χ1v) is 7.88. The molecule has 0 bridgehead atoms. The van der Waals surface area contributed by atoms with Crippen molar-refractivity contribution in [2.75, 3.05) is 11.9 Å². The summed E-state index contributed by atoms with van der Waals surface area (Å²) in [6.45, 7) is 4.46. The van der Waals surface area contributed by atoms with Gasteiger partial charge in [-0.3, -0.25) is 14.7 Å². The summed E-state index contributed by atoms with van der Waals surface area (Å²) in [6, 6.07) is 7.72. The number of carbonyl (C=O) groups is 2. The molecule has 0 aliphatic carbocycles. The predicted molar refractivity (Wildman–Crippen MR) is 92.7 cm³/mol. The quantitative estimate of drug-likeness (QED) is 0.611. The number of aromatic nitrogens is 2. The molecule has 1 aromatic carbocycles. The fourth-order valence-corrected chi connectivity index (χ4v) is 2.44. The maximum atomic E-state index is 12.3. The van der Waals surface area contributed by atoms with Gasteiger partial charge in [0.2, 0.25) is 5.91 Å². The van der Waals surface area contributed by atoms with E-state index in [1.54, 1.807) is 0 Å². The minimum atomic E-state index is -0.681. The Hall–Kier alpha value is -2.67. The number of anilines is 1. The van der Waals surface area contributed by atoms with E-state index in [1.807, 2.05) is 38.1 Å². The summed E-state index contributed by atoms with van der Waals surface area (Å²) < 4.78 is 0. The van der Waals surface area contributed by atoms with Crippen LogP contribution < -0.4 is 16.8 Å². The maximum absolute atomic E-state index is 12.3. The first-order valence-electron chi connectivity index (χ1n) is 7.88. The van der Waals surface area contributed by atoms with Crippen molar-refractivity contribution in [1.29, 1.82) is 0 Å². The molecule has 0 atom stereocenters. The van der Waals surface area contributed by atoms with E-state index in [9.17, 15) is 9.59 Å². The second-order valence-electron chi connectivity index (χ2n) is 5.96. The number of H-pyrrole nitrogens is 1. The molecule has 0 spiro atoms. The van der Waals surface area contributed by atoms with E-state index in [0.717, 1.165) is 17.5 Å². The Bertz CT molecular complexity index is 719. The lowest BCUT2D eigenvalue weighted by Crippen LogP contribution is -2.20. The molecule has 2 aromatic rings. The second kappa shape index (κ2) is 7.74. The third-order valence-electron chi connectivity index (χ3n) is 3.69. The topological polar surface area (TPSA) is 127 Å². The number of rotatable bonds is 7. The van der Waals surface area contributed by atoms with Crippen molar-refractivity contribution >= 4 is 17.5 Å². The Balaban J connectivity index is 2.12. The van der Waals surface area contributed by atoms with E-state index in [4.69, 9.17) is 11.5 Å². The summed E-state index contributed by atoms with van der Waals surface area (Å²) in [7, 11) is 0. The highest BCUT2D eigenvalue weighted by atomic mass is 16.2. The first-order chi connectivity index (χ1) is 11.4. The largest absolute Gasteiger partial charge is 0.364 e. The van der Waals surface area contributed by atoms with Gasteiger partial charge in [-0.2, -0.15) is 5.10 Å². The molecular weight excluding hydrogens is 306 g/mol. The SMILES string of the molecule is CC(C)c1[nH]nc(C(N)=O)c1NC(=O)Cc1ccc(CCN)cc1. The fourth-order valence-electron chi connectivity index (χ4n) is 2.44. The number of nitrogens with zero attached hydrogens (tertiary/aromatic N) is 1. The standard InChI is InChI=1S/C17H23N5O2/c1-10(2)14-15(16(17(19)24)22-21-14)20-13(23)9-12-5-3-11(4-6-12)7-8-18/h3-6,10H,7-9,18H2,1-2H3,(H2,19,24)(H,20,23)(H,21,22). The zero-order valence-electron chi connectivity index (χ0n) is 13.9. The smallest absolute Gasteiger partial charge is 0.271 e. The lowest BCUT2D eigenvalue weighted by molar-refractivity contribution is -0.115. The summed E-state index contributed by atoms with van der Waals surface area (Å²) in [5.41, 5.74) is 13.9. The molecule has 2 amide bonds. The van der Waals surface area contributed by atoms with Crippen molar-refractivity contribution in [3.8, 4) is 0 Å². The van der Waals surface area contributed by atoms with Crippen molar-refractivity contribution in [1.82, 2.24) is 10.2 Å². The van der Waals surface area contributed by atoms with E-state index in [2.05, 4.69) is 15.5 Å². The summed E-state index contributed by atoms with van der Waals surface area (Å²) >= 11 is 0. The van der Waals surface area contributed by atoms with Gasteiger partial charge in [-0.05, 0) is 30.0 Å². The van der Waals surface area contributed by atoms with Crippen LogP contribution >= 0.6 is 0 Å². The molecule has 2 rings (SSSR count). The van der Waals surface area contributed by atoms with Crippen molar-refractivity contribution in [2.24, 2.45) is 11.5 Å². The average Bonchev–Trinajstić information content (AvgIpc) is 2.93. The number of benzene rings is 1. The van der Waals surface area contributed by atoms with Crippen LogP contribution in [0, 0.1) is 0 Å². The Morgan fingerprint density at radius 1 is 1.21 bits per heavy atom. The number of aromatic amines is 1. The van der Waals surface area contributed by atoms with Crippen LogP contribution in [0.25, 0.3) is 0 Å². The van der Waals surface area contributed by atoms with E-state index < -0.39 is 5.91 Å².